The van der Waals surface area contributed by atoms with Crippen LogP contribution in [0.1, 0.15) is 10.6 Å². The summed E-state index contributed by atoms with van der Waals surface area (Å²) in [4.78, 5) is 22.4. The lowest BCUT2D eigenvalue weighted by atomic mass is 10.2. The fourth-order valence-corrected chi connectivity index (χ4v) is 2.21. The monoisotopic (exact) mass is 316 g/mol. The van der Waals surface area contributed by atoms with Crippen molar-refractivity contribution in [2.45, 2.75) is 0 Å². The van der Waals surface area contributed by atoms with E-state index in [1.165, 1.54) is 24.3 Å². The van der Waals surface area contributed by atoms with E-state index in [9.17, 15) is 14.9 Å². The Morgan fingerprint density at radius 1 is 1.18 bits per heavy atom. The number of benzene rings is 2. The van der Waals surface area contributed by atoms with Crippen LogP contribution in [-0.2, 0) is 0 Å². The van der Waals surface area contributed by atoms with E-state index >= 15 is 0 Å². The van der Waals surface area contributed by atoms with Gasteiger partial charge in [-0.2, -0.15) is 0 Å². The van der Waals surface area contributed by atoms with Gasteiger partial charge in [-0.1, -0.05) is 17.7 Å². The zero-order chi connectivity index (χ0) is 15.7. The third kappa shape index (κ3) is 2.77. The average molecular weight is 317 g/mol. The lowest BCUT2D eigenvalue weighted by Crippen LogP contribution is -2.10. The van der Waals surface area contributed by atoms with E-state index in [0.29, 0.717) is 21.7 Å². The molecule has 0 bridgehead atoms. The molecule has 3 aromatic rings. The molecule has 0 atom stereocenters. The van der Waals surface area contributed by atoms with Crippen LogP contribution in [0.3, 0.4) is 0 Å². The molecule has 3 rings (SSSR count). The van der Waals surface area contributed by atoms with Gasteiger partial charge in [0.1, 0.15) is 5.58 Å². The topological polar surface area (TPSA) is 85.4 Å². The van der Waals surface area contributed by atoms with Crippen molar-refractivity contribution < 1.29 is 14.1 Å². The predicted octanol–water partition coefficient (Wildman–Crippen LogP) is 4.25. The highest BCUT2D eigenvalue weighted by Gasteiger charge is 2.15. The average Bonchev–Trinajstić information content (AvgIpc) is 2.90. The molecule has 22 heavy (non-hydrogen) atoms. The van der Waals surface area contributed by atoms with E-state index in [2.05, 4.69) is 5.32 Å². The SMILES string of the molecule is O=C(Nc1cccc(Cl)c1)c1cc2cc([N+](=O)[O-])ccc2o1. The lowest BCUT2D eigenvalue weighted by molar-refractivity contribution is -0.384. The van der Waals surface area contributed by atoms with Crippen molar-refractivity contribution in [2.75, 3.05) is 5.32 Å². The smallest absolute Gasteiger partial charge is 0.291 e. The molecule has 0 saturated carbocycles. The summed E-state index contributed by atoms with van der Waals surface area (Å²) in [5, 5.41) is 14.4. The van der Waals surface area contributed by atoms with Gasteiger partial charge in [0.25, 0.3) is 11.6 Å². The number of hydrogen-bond acceptors (Lipinski definition) is 4. The van der Waals surface area contributed by atoms with Gasteiger partial charge in [0.2, 0.25) is 0 Å². The van der Waals surface area contributed by atoms with Gasteiger partial charge in [-0.15, -0.1) is 0 Å². The van der Waals surface area contributed by atoms with Gasteiger partial charge < -0.3 is 9.73 Å². The molecule has 2 aromatic carbocycles. The number of nitro benzene ring substituents is 1. The third-order valence-electron chi connectivity index (χ3n) is 3.02. The van der Waals surface area contributed by atoms with Crippen molar-refractivity contribution >= 4 is 39.9 Å². The van der Waals surface area contributed by atoms with Gasteiger partial charge in [0, 0.05) is 28.2 Å². The first-order chi connectivity index (χ1) is 10.5. The van der Waals surface area contributed by atoms with Crippen molar-refractivity contribution in [3.05, 3.63) is 69.4 Å². The van der Waals surface area contributed by atoms with E-state index in [1.54, 1.807) is 24.3 Å². The van der Waals surface area contributed by atoms with Crippen LogP contribution in [0.2, 0.25) is 5.02 Å². The first kappa shape index (κ1) is 14.1. The summed E-state index contributed by atoms with van der Waals surface area (Å²) < 4.78 is 5.40. The van der Waals surface area contributed by atoms with Gasteiger partial charge in [0.15, 0.2) is 5.76 Å². The molecule has 0 aliphatic rings. The number of amides is 1. The molecule has 1 N–H and O–H groups in total. The van der Waals surface area contributed by atoms with Crippen molar-refractivity contribution in [2.24, 2.45) is 0 Å². The zero-order valence-corrected chi connectivity index (χ0v) is 11.8. The Bertz CT molecular complexity index is 888. The highest BCUT2D eigenvalue weighted by atomic mass is 35.5. The second kappa shape index (κ2) is 5.50. The Morgan fingerprint density at radius 3 is 2.73 bits per heavy atom. The number of rotatable bonds is 3. The fraction of sp³-hybridized carbons (Fsp3) is 0. The first-order valence-corrected chi connectivity index (χ1v) is 6.65. The minimum absolute atomic E-state index is 0.0601. The van der Waals surface area contributed by atoms with Crippen molar-refractivity contribution in [3.8, 4) is 0 Å². The van der Waals surface area contributed by atoms with Crippen LogP contribution in [0, 0.1) is 10.1 Å². The highest BCUT2D eigenvalue weighted by molar-refractivity contribution is 6.30. The van der Waals surface area contributed by atoms with Gasteiger partial charge in [-0.3, -0.25) is 14.9 Å². The van der Waals surface area contributed by atoms with E-state index in [4.69, 9.17) is 16.0 Å². The summed E-state index contributed by atoms with van der Waals surface area (Å²) in [5.74, 6) is -0.392. The second-order valence-corrected chi connectivity index (χ2v) is 4.99. The molecule has 0 spiro atoms. The molecule has 6 nitrogen and oxygen atoms in total. The minimum atomic E-state index is -0.502. The molecule has 1 heterocycles. The van der Waals surface area contributed by atoms with Crippen LogP contribution in [0.15, 0.2) is 52.9 Å². The Labute approximate surface area is 129 Å². The lowest BCUT2D eigenvalue weighted by Gasteiger charge is -2.02. The van der Waals surface area contributed by atoms with Gasteiger partial charge >= 0.3 is 0 Å². The van der Waals surface area contributed by atoms with Crippen molar-refractivity contribution in [1.82, 2.24) is 0 Å². The van der Waals surface area contributed by atoms with Crippen LogP contribution < -0.4 is 5.32 Å². The molecular formula is C15H9ClN2O4. The number of non-ortho nitro benzene ring substituents is 1. The maximum absolute atomic E-state index is 12.1. The summed E-state index contributed by atoms with van der Waals surface area (Å²) >= 11 is 5.85. The number of anilines is 1. The molecular weight excluding hydrogens is 308 g/mol. The summed E-state index contributed by atoms with van der Waals surface area (Å²) in [6, 6.07) is 12.3. The molecule has 0 fully saturated rings. The summed E-state index contributed by atoms with van der Waals surface area (Å²) in [6.45, 7) is 0. The maximum atomic E-state index is 12.1. The molecule has 1 amide bonds. The Hall–Kier alpha value is -2.86. The quantitative estimate of drug-likeness (QED) is 0.578. The van der Waals surface area contributed by atoms with E-state index in [-0.39, 0.29) is 11.4 Å². The van der Waals surface area contributed by atoms with E-state index in [1.807, 2.05) is 0 Å². The van der Waals surface area contributed by atoms with Crippen LogP contribution in [0.4, 0.5) is 11.4 Å². The molecule has 0 radical (unpaired) electrons. The minimum Gasteiger partial charge on any atom is -0.451 e. The number of nitro groups is 1. The first-order valence-electron chi connectivity index (χ1n) is 6.28. The Morgan fingerprint density at radius 2 is 2.00 bits per heavy atom. The summed E-state index contributed by atoms with van der Waals surface area (Å²) in [5.41, 5.74) is 0.876. The molecule has 110 valence electrons. The van der Waals surface area contributed by atoms with Gasteiger partial charge in [-0.05, 0) is 30.3 Å². The standard InChI is InChI=1S/C15H9ClN2O4/c16-10-2-1-3-11(8-10)17-15(19)14-7-9-6-12(18(20)21)4-5-13(9)22-14/h1-8H,(H,17,19). The zero-order valence-electron chi connectivity index (χ0n) is 11.1. The second-order valence-electron chi connectivity index (χ2n) is 4.55. The maximum Gasteiger partial charge on any atom is 0.291 e. The van der Waals surface area contributed by atoms with Crippen LogP contribution in [-0.4, -0.2) is 10.8 Å². The molecule has 1 aromatic heterocycles. The van der Waals surface area contributed by atoms with Crippen LogP contribution in [0.5, 0.6) is 0 Å². The number of carbonyl (C=O) groups is 1. The normalized spacial score (nSPS) is 10.6. The summed E-state index contributed by atoms with van der Waals surface area (Å²) in [6.07, 6.45) is 0. The number of nitrogens with zero attached hydrogens (tertiary/aromatic N) is 1. The number of furan rings is 1. The molecule has 0 aliphatic carbocycles. The van der Waals surface area contributed by atoms with E-state index < -0.39 is 10.8 Å². The third-order valence-corrected chi connectivity index (χ3v) is 3.25. The predicted molar refractivity (Wildman–Crippen MR) is 82.3 cm³/mol. The number of nitrogens with one attached hydrogen (secondary N) is 1. The van der Waals surface area contributed by atoms with Crippen molar-refractivity contribution in [3.63, 3.8) is 0 Å². The highest BCUT2D eigenvalue weighted by Crippen LogP contribution is 2.25. The fourth-order valence-electron chi connectivity index (χ4n) is 2.02. The largest absolute Gasteiger partial charge is 0.451 e. The summed E-state index contributed by atoms with van der Waals surface area (Å²) in [7, 11) is 0. The Kier molecular flexibility index (Phi) is 3.52. The molecule has 0 saturated heterocycles. The Balaban J connectivity index is 1.89. The molecule has 0 aliphatic heterocycles. The number of hydrogen-bond donors (Lipinski definition) is 1. The van der Waals surface area contributed by atoms with Crippen molar-refractivity contribution in [1.29, 1.82) is 0 Å². The number of fused-ring (bicyclic) bond motifs is 1. The number of halogens is 1. The number of carbonyl (C=O) groups excluding carboxylic acids is 1. The molecule has 7 heteroatoms. The van der Waals surface area contributed by atoms with Crippen LogP contribution >= 0.6 is 11.6 Å². The molecule has 0 unspecified atom stereocenters. The van der Waals surface area contributed by atoms with Gasteiger partial charge in [-0.25, -0.2) is 0 Å². The van der Waals surface area contributed by atoms with E-state index in [0.717, 1.165) is 0 Å². The van der Waals surface area contributed by atoms with Crippen LogP contribution in [0.25, 0.3) is 11.0 Å². The van der Waals surface area contributed by atoms with Gasteiger partial charge in [0.05, 0.1) is 4.92 Å².